The van der Waals surface area contributed by atoms with Crippen LogP contribution in [-0.2, 0) is 30.5 Å². The molecule has 2 aliphatic heterocycles. The molecule has 0 radical (unpaired) electrons. The lowest BCUT2D eigenvalue weighted by Crippen LogP contribution is -2.34. The van der Waals surface area contributed by atoms with Crippen LogP contribution in [0, 0.1) is 5.92 Å². The Morgan fingerprint density at radius 1 is 0.781 bits per heavy atom. The van der Waals surface area contributed by atoms with Crippen LogP contribution in [0.4, 0.5) is 0 Å². The molecular weight excluding hydrogens is 402 g/mol. The quantitative estimate of drug-likeness (QED) is 0.490. The molecule has 0 saturated heterocycles. The predicted molar refractivity (Wildman–Crippen MR) is 126 cm³/mol. The predicted octanol–water partition coefficient (Wildman–Crippen LogP) is 3.94. The number of fused-ring (bicyclic) bond motifs is 8. The largest absolute Gasteiger partial charge is 0.480 e. The van der Waals surface area contributed by atoms with Gasteiger partial charge in [-0.3, -0.25) is 14.8 Å². The molecule has 5 rings (SSSR count). The lowest BCUT2D eigenvalue weighted by atomic mass is 10.1. The van der Waals surface area contributed by atoms with Gasteiger partial charge in [0.2, 0.25) is 0 Å². The number of rotatable bonds is 2. The van der Waals surface area contributed by atoms with Crippen LogP contribution in [0.2, 0.25) is 0 Å². The van der Waals surface area contributed by atoms with E-state index in [1.54, 1.807) is 13.8 Å². The summed E-state index contributed by atoms with van der Waals surface area (Å²) in [5, 5.41) is 8.23. The van der Waals surface area contributed by atoms with Gasteiger partial charge in [0.25, 0.3) is 0 Å². The first-order valence-electron chi connectivity index (χ1n) is 11.0. The molecule has 0 spiro atoms. The second kappa shape index (κ2) is 9.36. The zero-order valence-corrected chi connectivity index (χ0v) is 18.4. The van der Waals surface area contributed by atoms with Gasteiger partial charge in [0.1, 0.15) is 6.04 Å². The molecule has 0 fully saturated rings. The second-order valence-electron chi connectivity index (χ2n) is 8.61. The Kier molecular flexibility index (Phi) is 6.37. The molecule has 5 heterocycles. The van der Waals surface area contributed by atoms with Crippen molar-refractivity contribution in [3.8, 4) is 0 Å². The van der Waals surface area contributed by atoms with Crippen molar-refractivity contribution in [2.75, 3.05) is 0 Å². The van der Waals surface area contributed by atoms with Crippen LogP contribution in [-0.4, -0.2) is 37.1 Å². The molecule has 7 heteroatoms. The number of nitrogens with two attached hydrogens (primary N) is 1. The summed E-state index contributed by atoms with van der Waals surface area (Å²) in [6.07, 6.45) is 3.98. The second-order valence-corrected chi connectivity index (χ2v) is 8.61. The van der Waals surface area contributed by atoms with E-state index in [2.05, 4.69) is 58.5 Å². The van der Waals surface area contributed by atoms with Crippen LogP contribution in [0.15, 0.2) is 48.5 Å². The van der Waals surface area contributed by atoms with Crippen LogP contribution >= 0.6 is 0 Å². The molecule has 0 amide bonds. The molecule has 0 saturated carbocycles. The van der Waals surface area contributed by atoms with Crippen LogP contribution in [0.25, 0.3) is 22.1 Å². The highest BCUT2D eigenvalue weighted by molar-refractivity contribution is 5.73. The summed E-state index contributed by atoms with van der Waals surface area (Å²) in [5.41, 5.74) is 14.1. The fourth-order valence-electron chi connectivity index (χ4n) is 3.72. The van der Waals surface area contributed by atoms with Crippen molar-refractivity contribution < 1.29 is 9.90 Å². The van der Waals surface area contributed by atoms with Crippen molar-refractivity contribution in [1.82, 2.24) is 19.9 Å². The topological polar surface area (TPSA) is 121 Å². The Morgan fingerprint density at radius 3 is 1.31 bits per heavy atom. The molecule has 32 heavy (non-hydrogen) atoms. The fraction of sp³-hybridized carbons (Fsp3) is 0.320. The molecule has 1 atom stereocenters. The molecule has 0 aliphatic carbocycles. The first-order valence-corrected chi connectivity index (χ1v) is 11.0. The fourth-order valence-corrected chi connectivity index (χ4v) is 3.72. The lowest BCUT2D eigenvalue weighted by Gasteiger charge is -2.07. The summed E-state index contributed by atoms with van der Waals surface area (Å²) in [7, 11) is 0. The Hall–Kier alpha value is -3.45. The van der Waals surface area contributed by atoms with Crippen molar-refractivity contribution >= 4 is 28.0 Å². The molecule has 2 aliphatic rings. The van der Waals surface area contributed by atoms with Crippen molar-refractivity contribution in [2.24, 2.45) is 11.7 Å². The number of H-pyrrole nitrogens is 2. The van der Waals surface area contributed by atoms with Gasteiger partial charge in [-0.2, -0.15) is 0 Å². The number of aromatic amines is 2. The van der Waals surface area contributed by atoms with Gasteiger partial charge in [-0.25, -0.2) is 0 Å². The number of hydrogen-bond acceptors (Lipinski definition) is 4. The monoisotopic (exact) mass is 431 g/mol. The minimum Gasteiger partial charge on any atom is -0.480 e. The first kappa shape index (κ1) is 21.8. The third-order valence-corrected chi connectivity index (χ3v) is 5.60. The Labute approximate surface area is 186 Å². The van der Waals surface area contributed by atoms with E-state index in [-0.39, 0.29) is 5.92 Å². The zero-order chi connectivity index (χ0) is 22.7. The summed E-state index contributed by atoms with van der Waals surface area (Å²) >= 11 is 0. The van der Waals surface area contributed by atoms with E-state index in [0.29, 0.717) is 0 Å². The molecule has 0 aromatic carbocycles. The number of nitrogens with zero attached hydrogens (tertiary/aromatic N) is 2. The average molecular weight is 432 g/mol. The average Bonchev–Trinajstić information content (AvgIpc) is 3.53. The summed E-state index contributed by atoms with van der Waals surface area (Å²) in [6, 6.07) is 16.3. The van der Waals surface area contributed by atoms with Crippen molar-refractivity contribution in [1.29, 1.82) is 0 Å². The van der Waals surface area contributed by atoms with Crippen LogP contribution < -0.4 is 5.73 Å². The maximum absolute atomic E-state index is 10.0. The molecule has 5 N–H and O–H groups in total. The smallest absolute Gasteiger partial charge is 0.320 e. The molecule has 3 aromatic heterocycles. The minimum atomic E-state index is -0.931. The number of carbonyl (C=O) groups is 1. The van der Waals surface area contributed by atoms with Crippen molar-refractivity contribution in [3.05, 3.63) is 71.3 Å². The molecular formula is C25H29N5O2. The maximum Gasteiger partial charge on any atom is 0.320 e. The number of carboxylic acids is 1. The number of hydrogen-bond donors (Lipinski definition) is 4. The van der Waals surface area contributed by atoms with Gasteiger partial charge >= 0.3 is 5.97 Å². The van der Waals surface area contributed by atoms with Crippen molar-refractivity contribution in [2.45, 2.75) is 45.6 Å². The highest BCUT2D eigenvalue weighted by Gasteiger charge is 2.14. The minimum absolute atomic E-state index is 0.0208. The standard InChI is InChI=1S/C20H18N4.C5H11NO2/c1-2-14-10-16-5-6-18(23-16)12-20-8-7-19(24-20)11-17-4-3-15(22-17)9-13(1)21-14;1-3(2)4(6)5(7)8/h1-2,7-12,21,24H,3-6H2;3-4H,6H2,1-2H3,(H,7,8)/t;4-/m.0/s1. The van der Waals surface area contributed by atoms with Gasteiger partial charge in [-0.1, -0.05) is 13.8 Å². The number of nitrogens with one attached hydrogen (secondary N) is 2. The van der Waals surface area contributed by atoms with Crippen LogP contribution in [0.5, 0.6) is 0 Å². The van der Waals surface area contributed by atoms with Gasteiger partial charge in [-0.15, -0.1) is 0 Å². The van der Waals surface area contributed by atoms with E-state index < -0.39 is 12.0 Å². The van der Waals surface area contributed by atoms with E-state index in [4.69, 9.17) is 20.8 Å². The van der Waals surface area contributed by atoms with Crippen LogP contribution in [0.1, 0.15) is 36.6 Å². The van der Waals surface area contributed by atoms with Gasteiger partial charge in [0.15, 0.2) is 0 Å². The van der Waals surface area contributed by atoms with E-state index in [0.717, 1.165) is 70.5 Å². The molecule has 0 unspecified atom stereocenters. The third-order valence-electron chi connectivity index (χ3n) is 5.60. The Morgan fingerprint density at radius 2 is 1.09 bits per heavy atom. The van der Waals surface area contributed by atoms with Gasteiger partial charge in [0, 0.05) is 44.8 Å². The van der Waals surface area contributed by atoms with Crippen LogP contribution in [0.3, 0.4) is 0 Å². The zero-order valence-electron chi connectivity index (χ0n) is 18.4. The summed E-state index contributed by atoms with van der Waals surface area (Å²) < 4.78 is 0. The Balaban J connectivity index is 0.000000265. The summed E-state index contributed by atoms with van der Waals surface area (Å²) in [4.78, 5) is 26.4. The van der Waals surface area contributed by atoms with Crippen molar-refractivity contribution in [3.63, 3.8) is 0 Å². The van der Waals surface area contributed by atoms with E-state index in [9.17, 15) is 4.79 Å². The van der Waals surface area contributed by atoms with Gasteiger partial charge in [0.05, 0.1) is 0 Å². The number of carboxylic acid groups (broad SMARTS) is 1. The van der Waals surface area contributed by atoms with Gasteiger partial charge in [-0.05, 0) is 80.1 Å². The molecule has 7 nitrogen and oxygen atoms in total. The lowest BCUT2D eigenvalue weighted by molar-refractivity contribution is -0.139. The highest BCUT2D eigenvalue weighted by Crippen LogP contribution is 2.16. The number of aromatic nitrogens is 4. The number of aliphatic carboxylic acids is 1. The number of aryl methyl sites for hydroxylation is 4. The van der Waals surface area contributed by atoms with Gasteiger partial charge < -0.3 is 20.8 Å². The maximum atomic E-state index is 10.0. The summed E-state index contributed by atoms with van der Waals surface area (Å²) in [5.74, 6) is -0.910. The van der Waals surface area contributed by atoms with E-state index >= 15 is 0 Å². The molecule has 3 aromatic rings. The summed E-state index contributed by atoms with van der Waals surface area (Å²) in [6.45, 7) is 3.55. The van der Waals surface area contributed by atoms with E-state index in [1.165, 1.54) is 0 Å². The Bertz CT molecular complexity index is 1110. The first-order chi connectivity index (χ1) is 15.4. The molecule has 166 valence electrons. The van der Waals surface area contributed by atoms with E-state index in [1.807, 2.05) is 0 Å². The highest BCUT2D eigenvalue weighted by atomic mass is 16.4. The molecule has 8 bridgehead atoms. The third kappa shape index (κ3) is 5.42. The SMILES string of the molecule is CC(C)[C@H](N)C(=O)O.c1cc2cc3nc(cc4ccc(cc5nc(cc1[nH]2)CC5)[nH]4)CC3. The normalized spacial score (nSPS) is 14.0.